The van der Waals surface area contributed by atoms with Gasteiger partial charge in [0, 0.05) is 13.1 Å². The van der Waals surface area contributed by atoms with E-state index in [1.165, 1.54) is 11.0 Å². The molecule has 0 radical (unpaired) electrons. The Labute approximate surface area is 142 Å². The molecule has 0 aliphatic rings. The molecule has 2 aromatic heterocycles. The number of rotatable bonds is 3. The normalized spacial score (nSPS) is 11.0. The van der Waals surface area contributed by atoms with Crippen molar-refractivity contribution < 1.29 is 13.6 Å². The van der Waals surface area contributed by atoms with E-state index in [1.807, 2.05) is 0 Å². The van der Waals surface area contributed by atoms with Crippen LogP contribution in [0.2, 0.25) is 0 Å². The highest BCUT2D eigenvalue weighted by Crippen LogP contribution is 2.17. The Kier molecular flexibility index (Phi) is 4.14. The third-order valence-electron chi connectivity index (χ3n) is 3.29. The summed E-state index contributed by atoms with van der Waals surface area (Å²) >= 11 is 3.17. The standard InChI is InChI=1S/C14H10BrF2N5O2/c1-21-13-11(12(15)20-21)14(24)22(6-18-13)5-10(23)19-9-3-2-7(16)4-8(9)17/h2-4,6H,5H2,1H3,(H,19,23). The second-order valence-electron chi connectivity index (χ2n) is 4.96. The highest BCUT2D eigenvalue weighted by molar-refractivity contribution is 9.10. The minimum Gasteiger partial charge on any atom is -0.322 e. The van der Waals surface area contributed by atoms with E-state index < -0.39 is 23.1 Å². The molecule has 3 rings (SSSR count). The molecule has 2 heterocycles. The van der Waals surface area contributed by atoms with Crippen LogP contribution < -0.4 is 10.9 Å². The van der Waals surface area contributed by atoms with Gasteiger partial charge in [-0.3, -0.25) is 14.2 Å². The van der Waals surface area contributed by atoms with Gasteiger partial charge in [-0.05, 0) is 28.1 Å². The molecule has 0 spiro atoms. The second-order valence-corrected chi connectivity index (χ2v) is 5.71. The molecule has 0 aliphatic heterocycles. The van der Waals surface area contributed by atoms with Crippen LogP contribution in [0.25, 0.3) is 11.0 Å². The number of hydrogen-bond donors (Lipinski definition) is 1. The summed E-state index contributed by atoms with van der Waals surface area (Å²) in [5, 5.41) is 6.55. The molecular weight excluding hydrogens is 388 g/mol. The number of aromatic nitrogens is 4. The first-order chi connectivity index (χ1) is 11.4. The molecular formula is C14H10BrF2N5O2. The summed E-state index contributed by atoms with van der Waals surface area (Å²) in [6.45, 7) is -0.375. The van der Waals surface area contributed by atoms with Gasteiger partial charge in [0.2, 0.25) is 5.91 Å². The van der Waals surface area contributed by atoms with E-state index in [0.29, 0.717) is 16.3 Å². The number of aryl methyl sites for hydroxylation is 1. The first-order valence-electron chi connectivity index (χ1n) is 6.69. The predicted molar refractivity (Wildman–Crippen MR) is 85.5 cm³/mol. The fourth-order valence-corrected chi connectivity index (χ4v) is 2.77. The molecule has 1 aromatic carbocycles. The minimum atomic E-state index is -0.903. The molecule has 0 aliphatic carbocycles. The van der Waals surface area contributed by atoms with Crippen LogP contribution in [0.5, 0.6) is 0 Å². The minimum absolute atomic E-state index is 0.175. The van der Waals surface area contributed by atoms with Gasteiger partial charge in [0.05, 0.1) is 5.69 Å². The lowest BCUT2D eigenvalue weighted by Crippen LogP contribution is -2.28. The van der Waals surface area contributed by atoms with Gasteiger partial charge < -0.3 is 5.32 Å². The molecule has 0 saturated heterocycles. The Morgan fingerprint density at radius 1 is 1.38 bits per heavy atom. The van der Waals surface area contributed by atoms with E-state index in [2.05, 4.69) is 31.3 Å². The number of nitrogens with one attached hydrogen (secondary N) is 1. The zero-order valence-electron chi connectivity index (χ0n) is 12.3. The lowest BCUT2D eigenvalue weighted by Gasteiger charge is -2.08. The summed E-state index contributed by atoms with van der Waals surface area (Å²) in [5.41, 5.74) is -0.270. The number of halogens is 3. The summed E-state index contributed by atoms with van der Waals surface area (Å²) in [6, 6.07) is 2.78. The highest BCUT2D eigenvalue weighted by Gasteiger charge is 2.15. The Hall–Kier alpha value is -2.62. The van der Waals surface area contributed by atoms with E-state index in [4.69, 9.17) is 0 Å². The van der Waals surface area contributed by atoms with Crippen LogP contribution in [0.15, 0.2) is 33.9 Å². The maximum atomic E-state index is 13.5. The number of nitrogens with zero attached hydrogens (tertiary/aromatic N) is 4. The highest BCUT2D eigenvalue weighted by atomic mass is 79.9. The second kappa shape index (κ2) is 6.11. The Balaban J connectivity index is 1.87. The lowest BCUT2D eigenvalue weighted by atomic mass is 10.3. The molecule has 0 atom stereocenters. The van der Waals surface area contributed by atoms with Crippen molar-refractivity contribution in [2.45, 2.75) is 6.54 Å². The van der Waals surface area contributed by atoms with Gasteiger partial charge in [-0.2, -0.15) is 5.10 Å². The zero-order chi connectivity index (χ0) is 17.4. The Morgan fingerprint density at radius 2 is 2.12 bits per heavy atom. The van der Waals surface area contributed by atoms with Gasteiger partial charge in [0.1, 0.15) is 34.5 Å². The SMILES string of the molecule is Cn1nc(Br)c2c(=O)n(CC(=O)Nc3ccc(F)cc3F)cnc21. The van der Waals surface area contributed by atoms with Crippen molar-refractivity contribution in [1.29, 1.82) is 0 Å². The Bertz CT molecular complexity index is 1010. The van der Waals surface area contributed by atoms with Crippen molar-refractivity contribution in [3.63, 3.8) is 0 Å². The molecule has 124 valence electrons. The number of fused-ring (bicyclic) bond motifs is 1. The summed E-state index contributed by atoms with van der Waals surface area (Å²) in [5.74, 6) is -2.30. The maximum absolute atomic E-state index is 13.5. The van der Waals surface area contributed by atoms with E-state index in [9.17, 15) is 18.4 Å². The Morgan fingerprint density at radius 3 is 2.83 bits per heavy atom. The number of carbonyl (C=O) groups excluding carboxylic acids is 1. The topological polar surface area (TPSA) is 81.8 Å². The largest absolute Gasteiger partial charge is 0.322 e. The van der Waals surface area contributed by atoms with Gasteiger partial charge in [-0.1, -0.05) is 0 Å². The van der Waals surface area contributed by atoms with Crippen LogP contribution in [-0.4, -0.2) is 25.2 Å². The molecule has 3 aromatic rings. The van der Waals surface area contributed by atoms with Crippen LogP contribution in [0.3, 0.4) is 0 Å². The molecule has 1 N–H and O–H groups in total. The summed E-state index contributed by atoms with van der Waals surface area (Å²) < 4.78 is 29.2. The molecule has 1 amide bonds. The third kappa shape index (κ3) is 2.92. The van der Waals surface area contributed by atoms with Gasteiger partial charge >= 0.3 is 0 Å². The van der Waals surface area contributed by atoms with Crippen molar-refractivity contribution in [1.82, 2.24) is 19.3 Å². The van der Waals surface area contributed by atoms with Gasteiger partial charge in [-0.25, -0.2) is 18.4 Å². The lowest BCUT2D eigenvalue weighted by molar-refractivity contribution is -0.116. The number of benzene rings is 1. The van der Waals surface area contributed by atoms with Crippen LogP contribution >= 0.6 is 15.9 Å². The fraction of sp³-hybridized carbons (Fsp3) is 0.143. The molecule has 0 fully saturated rings. The van der Waals surface area contributed by atoms with Gasteiger partial charge in [-0.15, -0.1) is 0 Å². The van der Waals surface area contributed by atoms with Crippen molar-refractivity contribution in [3.05, 3.63) is 51.1 Å². The van der Waals surface area contributed by atoms with E-state index >= 15 is 0 Å². The molecule has 24 heavy (non-hydrogen) atoms. The molecule has 10 heteroatoms. The van der Waals surface area contributed by atoms with Crippen LogP contribution in [0.1, 0.15) is 0 Å². The molecule has 0 saturated carbocycles. The number of amides is 1. The summed E-state index contributed by atoms with van der Waals surface area (Å²) in [7, 11) is 1.63. The predicted octanol–water partition coefficient (Wildman–Crippen LogP) is 1.81. The fourth-order valence-electron chi connectivity index (χ4n) is 2.18. The first-order valence-corrected chi connectivity index (χ1v) is 7.48. The smallest absolute Gasteiger partial charge is 0.266 e. The number of hydrogen-bond acceptors (Lipinski definition) is 4. The molecule has 7 nitrogen and oxygen atoms in total. The summed E-state index contributed by atoms with van der Waals surface area (Å²) in [6.07, 6.45) is 1.21. The average Bonchev–Trinajstić information content (AvgIpc) is 2.80. The van der Waals surface area contributed by atoms with Crippen LogP contribution in [0, 0.1) is 11.6 Å². The van der Waals surface area contributed by atoms with E-state index in [1.54, 1.807) is 7.05 Å². The third-order valence-corrected chi connectivity index (χ3v) is 3.84. The monoisotopic (exact) mass is 397 g/mol. The van der Waals surface area contributed by atoms with Crippen molar-refractivity contribution >= 4 is 38.6 Å². The number of anilines is 1. The number of carbonyl (C=O) groups is 1. The summed E-state index contributed by atoms with van der Waals surface area (Å²) in [4.78, 5) is 28.5. The first kappa shape index (κ1) is 16.2. The van der Waals surface area contributed by atoms with Crippen LogP contribution in [-0.2, 0) is 18.4 Å². The van der Waals surface area contributed by atoms with Crippen molar-refractivity contribution in [3.8, 4) is 0 Å². The quantitative estimate of drug-likeness (QED) is 0.730. The van der Waals surface area contributed by atoms with Crippen LogP contribution in [0.4, 0.5) is 14.5 Å². The van der Waals surface area contributed by atoms with Gasteiger partial charge in [0.15, 0.2) is 5.65 Å². The zero-order valence-corrected chi connectivity index (χ0v) is 13.8. The van der Waals surface area contributed by atoms with E-state index in [-0.39, 0.29) is 17.6 Å². The van der Waals surface area contributed by atoms with Gasteiger partial charge in [0.25, 0.3) is 5.56 Å². The van der Waals surface area contributed by atoms with Crippen molar-refractivity contribution in [2.75, 3.05) is 5.32 Å². The van der Waals surface area contributed by atoms with Crippen molar-refractivity contribution in [2.24, 2.45) is 7.05 Å². The molecule has 0 unspecified atom stereocenters. The molecule has 0 bridgehead atoms. The van der Waals surface area contributed by atoms with E-state index in [0.717, 1.165) is 16.7 Å². The average molecular weight is 398 g/mol. The maximum Gasteiger partial charge on any atom is 0.266 e.